The standard InChI is InChI=1S/C7H7ClN2O/c1-4-5-2-3-9-7(8)6(5)11-10-4/h2-4,10H,1H3. The number of aromatic nitrogens is 1. The van der Waals surface area contributed by atoms with E-state index in [0.717, 1.165) is 5.56 Å². The molecule has 4 heteroatoms. The first-order valence-electron chi connectivity index (χ1n) is 3.36. The number of fused-ring (bicyclic) bond motifs is 1. The number of nitrogens with one attached hydrogen (secondary N) is 1. The van der Waals surface area contributed by atoms with Gasteiger partial charge in [-0.25, -0.2) is 4.98 Å². The molecule has 1 N–H and O–H groups in total. The van der Waals surface area contributed by atoms with E-state index < -0.39 is 0 Å². The molecule has 0 saturated heterocycles. The van der Waals surface area contributed by atoms with Gasteiger partial charge in [-0.2, -0.15) is 0 Å². The molecule has 1 unspecified atom stereocenters. The van der Waals surface area contributed by atoms with E-state index in [1.54, 1.807) is 6.20 Å². The molecule has 0 amide bonds. The Morgan fingerprint density at radius 2 is 2.55 bits per heavy atom. The quantitative estimate of drug-likeness (QED) is 0.602. The average molecular weight is 171 g/mol. The predicted molar refractivity (Wildman–Crippen MR) is 41.4 cm³/mol. The predicted octanol–water partition coefficient (Wildman–Crippen LogP) is 1.69. The van der Waals surface area contributed by atoms with Crippen molar-refractivity contribution in [3.05, 3.63) is 23.0 Å². The third-order valence-corrected chi connectivity index (χ3v) is 1.97. The van der Waals surface area contributed by atoms with Gasteiger partial charge in [0.05, 0.1) is 6.04 Å². The number of hydroxylamine groups is 1. The van der Waals surface area contributed by atoms with Crippen LogP contribution in [0.3, 0.4) is 0 Å². The maximum Gasteiger partial charge on any atom is 0.189 e. The molecule has 11 heavy (non-hydrogen) atoms. The van der Waals surface area contributed by atoms with E-state index in [1.807, 2.05) is 13.0 Å². The van der Waals surface area contributed by atoms with Gasteiger partial charge in [0, 0.05) is 11.8 Å². The third kappa shape index (κ3) is 0.968. The number of halogens is 1. The first kappa shape index (κ1) is 6.88. The Hall–Kier alpha value is -0.800. The van der Waals surface area contributed by atoms with Crippen LogP contribution in [-0.4, -0.2) is 4.98 Å². The lowest BCUT2D eigenvalue weighted by Crippen LogP contribution is -2.13. The first-order chi connectivity index (χ1) is 5.29. The number of hydrogen-bond donors (Lipinski definition) is 1. The molecule has 0 aliphatic carbocycles. The summed E-state index contributed by atoms with van der Waals surface area (Å²) in [7, 11) is 0. The molecule has 0 radical (unpaired) electrons. The summed E-state index contributed by atoms with van der Waals surface area (Å²) in [6, 6.07) is 2.09. The Labute approximate surface area is 69.3 Å². The average Bonchev–Trinajstić information content (AvgIpc) is 2.35. The lowest BCUT2D eigenvalue weighted by molar-refractivity contribution is 0.200. The maximum atomic E-state index is 5.76. The molecule has 2 rings (SSSR count). The molecular formula is C7H7ClN2O. The molecule has 1 aromatic heterocycles. The van der Waals surface area contributed by atoms with Crippen molar-refractivity contribution in [3.63, 3.8) is 0 Å². The van der Waals surface area contributed by atoms with E-state index in [4.69, 9.17) is 16.4 Å². The highest BCUT2D eigenvalue weighted by atomic mass is 35.5. The second-order valence-corrected chi connectivity index (χ2v) is 2.82. The Bertz CT molecular complexity index is 290. The van der Waals surface area contributed by atoms with E-state index in [0.29, 0.717) is 10.9 Å². The highest BCUT2D eigenvalue weighted by molar-refractivity contribution is 6.30. The zero-order valence-corrected chi connectivity index (χ0v) is 6.72. The van der Waals surface area contributed by atoms with Crippen LogP contribution in [0.15, 0.2) is 12.3 Å². The second-order valence-electron chi connectivity index (χ2n) is 2.46. The molecule has 0 aromatic carbocycles. The summed E-state index contributed by atoms with van der Waals surface area (Å²) < 4.78 is 0. The van der Waals surface area contributed by atoms with Crippen molar-refractivity contribution in [3.8, 4) is 5.75 Å². The zero-order chi connectivity index (χ0) is 7.84. The fourth-order valence-electron chi connectivity index (χ4n) is 1.09. The zero-order valence-electron chi connectivity index (χ0n) is 5.97. The van der Waals surface area contributed by atoms with Crippen molar-refractivity contribution < 1.29 is 4.84 Å². The van der Waals surface area contributed by atoms with Crippen molar-refractivity contribution in [2.45, 2.75) is 13.0 Å². The summed E-state index contributed by atoms with van der Waals surface area (Å²) in [5, 5.41) is 0.416. The van der Waals surface area contributed by atoms with E-state index in [2.05, 4.69) is 10.5 Å². The lowest BCUT2D eigenvalue weighted by Gasteiger charge is -1.97. The van der Waals surface area contributed by atoms with Crippen LogP contribution in [-0.2, 0) is 0 Å². The van der Waals surface area contributed by atoms with Crippen LogP contribution in [0.4, 0.5) is 0 Å². The Balaban J connectivity index is 2.57. The molecule has 0 saturated carbocycles. The lowest BCUT2D eigenvalue weighted by atomic mass is 10.1. The van der Waals surface area contributed by atoms with Crippen molar-refractivity contribution in [1.29, 1.82) is 0 Å². The van der Waals surface area contributed by atoms with Crippen molar-refractivity contribution >= 4 is 11.6 Å². The topological polar surface area (TPSA) is 34.1 Å². The summed E-state index contributed by atoms with van der Waals surface area (Å²) in [5.74, 6) is 0.654. The van der Waals surface area contributed by atoms with Gasteiger partial charge in [-0.3, -0.25) is 0 Å². The van der Waals surface area contributed by atoms with Gasteiger partial charge < -0.3 is 4.84 Å². The van der Waals surface area contributed by atoms with Crippen LogP contribution in [0.25, 0.3) is 0 Å². The molecule has 58 valence electrons. The largest absolute Gasteiger partial charge is 0.405 e. The molecular weight excluding hydrogens is 164 g/mol. The summed E-state index contributed by atoms with van der Waals surface area (Å²) in [6.07, 6.45) is 1.67. The minimum atomic E-state index is 0.200. The molecule has 3 nitrogen and oxygen atoms in total. The fourth-order valence-corrected chi connectivity index (χ4v) is 1.29. The van der Waals surface area contributed by atoms with Gasteiger partial charge in [0.25, 0.3) is 0 Å². The first-order valence-corrected chi connectivity index (χ1v) is 3.73. The van der Waals surface area contributed by atoms with Crippen molar-refractivity contribution in [1.82, 2.24) is 10.5 Å². The number of nitrogens with zero attached hydrogens (tertiary/aromatic N) is 1. The van der Waals surface area contributed by atoms with E-state index in [-0.39, 0.29) is 6.04 Å². The van der Waals surface area contributed by atoms with Crippen LogP contribution >= 0.6 is 11.6 Å². The second kappa shape index (κ2) is 2.36. The molecule has 0 bridgehead atoms. The number of rotatable bonds is 0. The van der Waals surface area contributed by atoms with Crippen LogP contribution < -0.4 is 10.3 Å². The molecule has 1 aliphatic heterocycles. The molecule has 0 fully saturated rings. The molecule has 1 aromatic rings. The van der Waals surface area contributed by atoms with Gasteiger partial charge in [-0.05, 0) is 13.0 Å². The van der Waals surface area contributed by atoms with Gasteiger partial charge in [0.2, 0.25) is 0 Å². The highest BCUT2D eigenvalue weighted by Crippen LogP contribution is 2.34. The third-order valence-electron chi connectivity index (χ3n) is 1.70. The summed E-state index contributed by atoms with van der Waals surface area (Å²) in [5.41, 5.74) is 3.86. The van der Waals surface area contributed by atoms with Gasteiger partial charge in [-0.1, -0.05) is 11.6 Å². The maximum absolute atomic E-state index is 5.76. The van der Waals surface area contributed by atoms with Crippen LogP contribution in [0.5, 0.6) is 5.75 Å². The molecule has 1 atom stereocenters. The SMILES string of the molecule is CC1NOc2c1ccnc2Cl. The Morgan fingerprint density at radius 3 is 3.27 bits per heavy atom. The summed E-state index contributed by atoms with van der Waals surface area (Å²) >= 11 is 5.76. The number of pyridine rings is 1. The summed E-state index contributed by atoms with van der Waals surface area (Å²) in [6.45, 7) is 2.00. The van der Waals surface area contributed by atoms with Crippen LogP contribution in [0.2, 0.25) is 5.15 Å². The van der Waals surface area contributed by atoms with E-state index in [9.17, 15) is 0 Å². The molecule has 2 heterocycles. The monoisotopic (exact) mass is 170 g/mol. The normalized spacial score (nSPS) is 21.1. The fraction of sp³-hybridized carbons (Fsp3) is 0.286. The highest BCUT2D eigenvalue weighted by Gasteiger charge is 2.22. The minimum Gasteiger partial charge on any atom is -0.405 e. The van der Waals surface area contributed by atoms with Gasteiger partial charge in [0.1, 0.15) is 0 Å². The molecule has 1 aliphatic rings. The van der Waals surface area contributed by atoms with Crippen molar-refractivity contribution in [2.24, 2.45) is 0 Å². The Morgan fingerprint density at radius 1 is 1.73 bits per heavy atom. The van der Waals surface area contributed by atoms with Gasteiger partial charge in [-0.15, -0.1) is 5.48 Å². The molecule has 0 spiro atoms. The van der Waals surface area contributed by atoms with E-state index >= 15 is 0 Å². The number of hydrogen-bond acceptors (Lipinski definition) is 3. The van der Waals surface area contributed by atoms with Gasteiger partial charge >= 0.3 is 0 Å². The summed E-state index contributed by atoms with van der Waals surface area (Å²) in [4.78, 5) is 8.98. The van der Waals surface area contributed by atoms with Crippen LogP contribution in [0.1, 0.15) is 18.5 Å². The minimum absolute atomic E-state index is 0.200. The van der Waals surface area contributed by atoms with Crippen LogP contribution in [0, 0.1) is 0 Å². The Kier molecular flexibility index (Phi) is 1.47. The smallest absolute Gasteiger partial charge is 0.189 e. The van der Waals surface area contributed by atoms with E-state index in [1.165, 1.54) is 0 Å². The van der Waals surface area contributed by atoms with Crippen molar-refractivity contribution in [2.75, 3.05) is 0 Å². The van der Waals surface area contributed by atoms with Gasteiger partial charge in [0.15, 0.2) is 10.9 Å².